The van der Waals surface area contributed by atoms with Crippen LogP contribution in [0.2, 0.25) is 0 Å². The van der Waals surface area contributed by atoms with Gasteiger partial charge in [0.15, 0.2) is 0 Å². The van der Waals surface area contributed by atoms with Crippen molar-refractivity contribution in [3.63, 3.8) is 0 Å². The standard InChI is InChI=1S/C40H22N4O.Pt.Y/c1-2-10-27(11-3-1)28-21-23-42-40(24-28)44-36-15-7-5-13-32(36)34-20-18-30(26-38(34)44)45-29-17-19-33-31-12-4-6-14-35(31)43(37(33)25-29)39-16-8-9-22-41-39;;/h1-10,12-20,22-24H;;/q-4;+2;. The van der Waals surface area contributed by atoms with Gasteiger partial charge in [0.2, 0.25) is 0 Å². The molecule has 0 bridgehead atoms. The van der Waals surface area contributed by atoms with Crippen LogP contribution in [0.15, 0.2) is 134 Å². The van der Waals surface area contributed by atoms with E-state index in [1.54, 1.807) is 12.4 Å². The Morgan fingerprint density at radius 3 is 1.77 bits per heavy atom. The van der Waals surface area contributed by atoms with Gasteiger partial charge in [0.1, 0.15) is 5.82 Å². The fourth-order valence-electron chi connectivity index (χ4n) is 6.16. The molecular formula is C40H22N4OPtY-2. The first-order valence-electron chi connectivity index (χ1n) is 14.7. The van der Waals surface area contributed by atoms with E-state index in [-0.39, 0.29) is 53.8 Å². The van der Waals surface area contributed by atoms with Gasteiger partial charge < -0.3 is 13.9 Å². The van der Waals surface area contributed by atoms with E-state index >= 15 is 0 Å². The molecule has 0 aliphatic carbocycles. The largest absolute Gasteiger partial charge is 2.00 e. The average molecular weight is 859 g/mol. The Balaban J connectivity index is 0.00000176. The van der Waals surface area contributed by atoms with Crippen molar-refractivity contribution in [2.75, 3.05) is 0 Å². The molecule has 0 amide bonds. The molecule has 223 valence electrons. The van der Waals surface area contributed by atoms with E-state index in [2.05, 4.69) is 86.9 Å². The third-order valence-electron chi connectivity index (χ3n) is 8.13. The molecular weight excluding hydrogens is 836 g/mol. The third-order valence-corrected chi connectivity index (χ3v) is 8.13. The number of fused-ring (bicyclic) bond motifs is 6. The Kier molecular flexibility index (Phi) is 8.63. The van der Waals surface area contributed by atoms with Crippen LogP contribution >= 0.6 is 0 Å². The Labute approximate surface area is 311 Å². The number of aromatic nitrogens is 4. The summed E-state index contributed by atoms with van der Waals surface area (Å²) in [5.74, 6) is 2.78. The van der Waals surface area contributed by atoms with Crippen molar-refractivity contribution in [1.82, 2.24) is 19.1 Å². The van der Waals surface area contributed by atoms with E-state index in [0.29, 0.717) is 11.5 Å². The number of hydrogen-bond acceptors (Lipinski definition) is 3. The average Bonchev–Trinajstić information content (AvgIpc) is 3.61. The van der Waals surface area contributed by atoms with Gasteiger partial charge in [-0.05, 0) is 41.2 Å². The van der Waals surface area contributed by atoms with Crippen molar-refractivity contribution in [3.8, 4) is 34.3 Å². The monoisotopic (exact) mass is 858 g/mol. The Morgan fingerprint density at radius 2 is 1.15 bits per heavy atom. The van der Waals surface area contributed by atoms with E-state index in [0.717, 1.165) is 66.4 Å². The van der Waals surface area contributed by atoms with Crippen molar-refractivity contribution in [2.45, 2.75) is 0 Å². The van der Waals surface area contributed by atoms with Crippen LogP contribution in [0.5, 0.6) is 11.5 Å². The number of hydrogen-bond donors (Lipinski definition) is 0. The third kappa shape index (κ3) is 5.43. The molecule has 0 atom stereocenters. The van der Waals surface area contributed by atoms with Crippen LogP contribution in [0, 0.1) is 24.3 Å². The Hall–Kier alpha value is -4.41. The molecule has 4 heterocycles. The fourth-order valence-corrected chi connectivity index (χ4v) is 6.16. The minimum atomic E-state index is 0. The van der Waals surface area contributed by atoms with Gasteiger partial charge in [0.25, 0.3) is 0 Å². The molecule has 5 nitrogen and oxygen atoms in total. The van der Waals surface area contributed by atoms with Crippen molar-refractivity contribution in [2.24, 2.45) is 0 Å². The summed E-state index contributed by atoms with van der Waals surface area (Å²) in [6.45, 7) is 0. The first-order valence-corrected chi connectivity index (χ1v) is 14.7. The molecule has 5 aromatic carbocycles. The molecule has 0 aliphatic heterocycles. The van der Waals surface area contributed by atoms with Gasteiger partial charge in [-0.25, -0.2) is 23.2 Å². The van der Waals surface area contributed by atoms with Crippen molar-refractivity contribution in [3.05, 3.63) is 158 Å². The number of benzene rings is 5. The fraction of sp³-hybridized carbons (Fsp3) is 0. The van der Waals surface area contributed by atoms with Gasteiger partial charge >= 0.3 is 21.1 Å². The zero-order chi connectivity index (χ0) is 29.7. The smallest absolute Gasteiger partial charge is 0.509 e. The van der Waals surface area contributed by atoms with Crippen LogP contribution in [-0.2, 0) is 53.8 Å². The molecule has 0 saturated carbocycles. The maximum Gasteiger partial charge on any atom is 2.00 e. The van der Waals surface area contributed by atoms with Crippen molar-refractivity contribution >= 4 is 43.6 Å². The van der Waals surface area contributed by atoms with Crippen LogP contribution in [0.4, 0.5) is 0 Å². The van der Waals surface area contributed by atoms with Gasteiger partial charge in [-0.2, -0.15) is 30.3 Å². The minimum absolute atomic E-state index is 0. The van der Waals surface area contributed by atoms with Gasteiger partial charge in [0, 0.05) is 61.4 Å². The second-order valence-electron chi connectivity index (χ2n) is 10.8. The molecule has 0 aliphatic rings. The zero-order valence-corrected chi connectivity index (χ0v) is 29.9. The molecule has 0 N–H and O–H groups in total. The second kappa shape index (κ2) is 13.0. The quantitative estimate of drug-likeness (QED) is 0.162. The van der Waals surface area contributed by atoms with Crippen molar-refractivity contribution in [1.29, 1.82) is 0 Å². The molecule has 9 rings (SSSR count). The molecule has 0 saturated heterocycles. The zero-order valence-electron chi connectivity index (χ0n) is 24.8. The minimum Gasteiger partial charge on any atom is -0.509 e. The van der Waals surface area contributed by atoms with Crippen LogP contribution in [0.1, 0.15) is 0 Å². The number of para-hydroxylation sites is 2. The Bertz CT molecular complexity index is 2530. The number of pyridine rings is 2. The molecule has 7 heteroatoms. The van der Waals surface area contributed by atoms with Crippen LogP contribution < -0.4 is 4.74 Å². The van der Waals surface area contributed by atoms with Gasteiger partial charge in [-0.15, -0.1) is 41.1 Å². The van der Waals surface area contributed by atoms with E-state index in [1.165, 1.54) is 0 Å². The van der Waals surface area contributed by atoms with Gasteiger partial charge in [-0.3, -0.25) is 16.1 Å². The summed E-state index contributed by atoms with van der Waals surface area (Å²) in [7, 11) is 0. The predicted octanol–water partition coefficient (Wildman–Crippen LogP) is 9.33. The van der Waals surface area contributed by atoms with Crippen LogP contribution in [0.25, 0.3) is 66.4 Å². The summed E-state index contributed by atoms with van der Waals surface area (Å²) < 4.78 is 10.7. The van der Waals surface area contributed by atoms with Gasteiger partial charge in [-0.1, -0.05) is 53.5 Å². The Morgan fingerprint density at radius 1 is 0.532 bits per heavy atom. The normalized spacial score (nSPS) is 11.1. The summed E-state index contributed by atoms with van der Waals surface area (Å²) in [4.78, 5) is 9.37. The predicted molar refractivity (Wildman–Crippen MR) is 178 cm³/mol. The van der Waals surface area contributed by atoms with E-state index < -0.39 is 0 Å². The first kappa shape index (κ1) is 31.2. The molecule has 0 spiro atoms. The SMILES string of the molecule is [Pt+2].[Y].[c-]1ccccc1-c1[c-]cnc(-n2c3[c-]c(Oc4[c-]c5c(cc4)c4ccccc4n5-c4ccccn4)ccc3c3ccccc32)c1. The van der Waals surface area contributed by atoms with Crippen LogP contribution in [0.3, 0.4) is 0 Å². The van der Waals surface area contributed by atoms with Gasteiger partial charge in [0.05, 0.1) is 5.82 Å². The van der Waals surface area contributed by atoms with E-state index in [1.807, 2.05) is 72.8 Å². The number of rotatable bonds is 5. The molecule has 47 heavy (non-hydrogen) atoms. The molecule has 4 aromatic heterocycles. The second-order valence-corrected chi connectivity index (χ2v) is 10.8. The molecule has 0 fully saturated rings. The number of ether oxygens (including phenoxy) is 1. The van der Waals surface area contributed by atoms with E-state index in [9.17, 15) is 0 Å². The molecule has 9 aromatic rings. The van der Waals surface area contributed by atoms with Crippen LogP contribution in [-0.4, -0.2) is 19.1 Å². The first-order chi connectivity index (χ1) is 22.3. The maximum atomic E-state index is 6.47. The summed E-state index contributed by atoms with van der Waals surface area (Å²) in [6.07, 6.45) is 3.53. The molecule has 0 unspecified atom stereocenters. The summed E-state index contributed by atoms with van der Waals surface area (Å²) in [5.41, 5.74) is 5.76. The van der Waals surface area contributed by atoms with Crippen molar-refractivity contribution < 1.29 is 58.5 Å². The van der Waals surface area contributed by atoms with E-state index in [4.69, 9.17) is 9.72 Å². The maximum absolute atomic E-state index is 6.47. The number of nitrogens with zero attached hydrogens (tertiary/aromatic N) is 4. The summed E-state index contributed by atoms with van der Waals surface area (Å²) in [6, 6.07) is 54.3. The summed E-state index contributed by atoms with van der Waals surface area (Å²) >= 11 is 0. The molecule has 1 radical (unpaired) electrons. The topological polar surface area (TPSA) is 44.9 Å². The summed E-state index contributed by atoms with van der Waals surface area (Å²) in [5, 5.41) is 4.40.